The molecule has 2 aliphatic heterocycles. The highest BCUT2D eigenvalue weighted by molar-refractivity contribution is 6.30. The van der Waals surface area contributed by atoms with Gasteiger partial charge in [-0.15, -0.1) is 11.6 Å². The summed E-state index contributed by atoms with van der Waals surface area (Å²) in [7, 11) is 0. The van der Waals surface area contributed by atoms with Crippen molar-refractivity contribution in [3.8, 4) is 5.69 Å². The van der Waals surface area contributed by atoms with Gasteiger partial charge in [0.2, 0.25) is 5.91 Å². The van der Waals surface area contributed by atoms with E-state index in [1.807, 2.05) is 59.3 Å². The lowest BCUT2D eigenvalue weighted by atomic mass is 10.0. The van der Waals surface area contributed by atoms with Crippen LogP contribution in [0.15, 0.2) is 60.7 Å². The molecule has 2 atom stereocenters. The topological polar surface area (TPSA) is 77.5 Å². The van der Waals surface area contributed by atoms with Gasteiger partial charge in [-0.05, 0) is 48.2 Å². The van der Waals surface area contributed by atoms with Crippen LogP contribution in [0.3, 0.4) is 0 Å². The molecule has 0 saturated carbocycles. The van der Waals surface area contributed by atoms with E-state index < -0.39 is 5.00 Å². The number of piperazine rings is 2. The number of amides is 1. The fraction of sp³-hybridized carbons (Fsp3) is 0.484. The Morgan fingerprint density at radius 2 is 1.85 bits per heavy atom. The van der Waals surface area contributed by atoms with Crippen molar-refractivity contribution in [3.05, 3.63) is 82.6 Å². The number of benzene rings is 2. The lowest BCUT2D eigenvalue weighted by molar-refractivity contribution is -0.122. The maximum atomic E-state index is 13.2. The van der Waals surface area contributed by atoms with Crippen LogP contribution < -0.4 is 16.0 Å². The summed E-state index contributed by atoms with van der Waals surface area (Å²) in [6.07, 6.45) is 1.89. The summed E-state index contributed by atoms with van der Waals surface area (Å²) < 4.78 is 1.97. The molecular weight excluding hydrogens is 557 g/mol. The maximum absolute atomic E-state index is 13.2. The molecule has 41 heavy (non-hydrogen) atoms. The molecule has 5 rings (SSSR count). The Morgan fingerprint density at radius 1 is 1.10 bits per heavy atom. The van der Waals surface area contributed by atoms with Crippen molar-refractivity contribution in [2.24, 2.45) is 5.92 Å². The van der Waals surface area contributed by atoms with Gasteiger partial charge in [0.15, 0.2) is 0 Å². The minimum Gasteiger partial charge on any atom is -0.343 e. The molecular formula is C31H41Cl2N7O. The van der Waals surface area contributed by atoms with Gasteiger partial charge >= 0.3 is 0 Å². The van der Waals surface area contributed by atoms with Gasteiger partial charge in [0.1, 0.15) is 5.00 Å². The summed E-state index contributed by atoms with van der Waals surface area (Å²) in [5.41, 5.74) is 4.06. The molecule has 3 aromatic rings. The first-order valence-corrected chi connectivity index (χ1v) is 15.3. The van der Waals surface area contributed by atoms with E-state index in [0.717, 1.165) is 66.8 Å². The second-order valence-corrected chi connectivity index (χ2v) is 12.6. The molecule has 3 N–H and O–H groups in total. The minimum atomic E-state index is -0.588. The largest absolute Gasteiger partial charge is 0.343 e. The molecule has 0 bridgehead atoms. The molecule has 2 fully saturated rings. The normalized spacial score (nSPS) is 22.2. The van der Waals surface area contributed by atoms with E-state index in [4.69, 9.17) is 28.3 Å². The fourth-order valence-corrected chi connectivity index (χ4v) is 6.41. The summed E-state index contributed by atoms with van der Waals surface area (Å²) in [5, 5.41) is 15.7. The molecule has 2 unspecified atom stereocenters. The molecule has 2 saturated heterocycles. The average molecular weight is 599 g/mol. The van der Waals surface area contributed by atoms with E-state index in [2.05, 4.69) is 45.7 Å². The van der Waals surface area contributed by atoms with Crippen molar-refractivity contribution in [2.75, 3.05) is 45.9 Å². The number of hydrogen-bond donors (Lipinski definition) is 3. The second kappa shape index (κ2) is 13.7. The summed E-state index contributed by atoms with van der Waals surface area (Å²) in [6.45, 7) is 9.69. The Morgan fingerprint density at radius 3 is 2.61 bits per heavy atom. The number of carbonyl (C=O) groups is 1. The number of rotatable bonds is 10. The molecule has 0 spiro atoms. The van der Waals surface area contributed by atoms with E-state index in [-0.39, 0.29) is 18.5 Å². The molecule has 1 amide bonds. The van der Waals surface area contributed by atoms with E-state index in [0.29, 0.717) is 25.6 Å². The predicted molar refractivity (Wildman–Crippen MR) is 165 cm³/mol. The van der Waals surface area contributed by atoms with Crippen LogP contribution in [0.25, 0.3) is 5.69 Å². The van der Waals surface area contributed by atoms with Crippen LogP contribution in [-0.4, -0.2) is 82.6 Å². The van der Waals surface area contributed by atoms with Crippen LogP contribution >= 0.6 is 23.2 Å². The van der Waals surface area contributed by atoms with Gasteiger partial charge in [-0.1, -0.05) is 55.8 Å². The van der Waals surface area contributed by atoms with Gasteiger partial charge in [0.25, 0.3) is 0 Å². The van der Waals surface area contributed by atoms with E-state index in [9.17, 15) is 4.79 Å². The molecule has 2 aromatic carbocycles. The average Bonchev–Trinajstić information content (AvgIpc) is 3.35. The first-order chi connectivity index (χ1) is 19.8. The molecule has 2 aliphatic rings. The van der Waals surface area contributed by atoms with Crippen LogP contribution in [-0.2, 0) is 24.1 Å². The second-order valence-electron chi connectivity index (χ2n) is 11.5. The highest BCUT2D eigenvalue weighted by Crippen LogP contribution is 2.31. The van der Waals surface area contributed by atoms with Crippen molar-refractivity contribution in [1.82, 2.24) is 35.5 Å². The van der Waals surface area contributed by atoms with Crippen molar-refractivity contribution in [1.29, 1.82) is 0 Å². The highest BCUT2D eigenvalue weighted by Gasteiger charge is 2.43. The van der Waals surface area contributed by atoms with Crippen molar-refractivity contribution < 1.29 is 4.79 Å². The number of aromatic nitrogens is 2. The van der Waals surface area contributed by atoms with Crippen molar-refractivity contribution in [2.45, 2.75) is 44.3 Å². The molecule has 3 heterocycles. The third kappa shape index (κ3) is 7.69. The van der Waals surface area contributed by atoms with E-state index >= 15 is 0 Å². The Balaban J connectivity index is 1.24. The zero-order valence-electron chi connectivity index (χ0n) is 24.0. The number of halogens is 2. The smallest absolute Gasteiger partial charge is 0.227 e. The molecule has 0 radical (unpaired) electrons. The van der Waals surface area contributed by atoms with Gasteiger partial charge in [-0.2, -0.15) is 5.10 Å². The zero-order valence-corrected chi connectivity index (χ0v) is 25.5. The number of para-hydroxylation sites is 1. The molecule has 8 nitrogen and oxygen atoms in total. The Bertz CT molecular complexity index is 1280. The molecule has 10 heteroatoms. The standard InChI is InChI=1S/C31H41Cl2N7O/c1-23(2)16-28-17-26(37-40(28)27-6-4-3-5-7-27)18-29(41)36-22-38-14-12-34-20-30(38)39-15-13-35-21-31(39,33)19-24-8-10-25(32)11-9-24/h3-11,17,23,30,34-35H,12-16,18-22H2,1-2H3,(H,36,41). The number of nitrogens with one attached hydrogen (secondary N) is 3. The minimum absolute atomic E-state index is 0.0327. The summed E-state index contributed by atoms with van der Waals surface area (Å²) in [5.74, 6) is 0.453. The fourth-order valence-electron chi connectivity index (χ4n) is 5.83. The Hall–Kier alpha value is -2.46. The van der Waals surface area contributed by atoms with Gasteiger partial charge in [-0.3, -0.25) is 14.6 Å². The third-order valence-corrected chi connectivity index (χ3v) is 8.52. The summed E-state index contributed by atoms with van der Waals surface area (Å²) >= 11 is 13.5. The molecule has 1 aromatic heterocycles. The zero-order chi connectivity index (χ0) is 28.8. The van der Waals surface area contributed by atoms with Gasteiger partial charge in [-0.25, -0.2) is 4.68 Å². The number of hydrogen-bond acceptors (Lipinski definition) is 6. The van der Waals surface area contributed by atoms with E-state index in [1.165, 1.54) is 0 Å². The Labute approximate surface area is 253 Å². The summed E-state index contributed by atoms with van der Waals surface area (Å²) in [4.78, 5) is 17.3. The Kier molecular flexibility index (Phi) is 10.0. The lowest BCUT2D eigenvalue weighted by Crippen LogP contribution is -2.70. The van der Waals surface area contributed by atoms with Crippen molar-refractivity contribution >= 4 is 29.1 Å². The van der Waals surface area contributed by atoms with Gasteiger partial charge in [0.05, 0.1) is 30.6 Å². The third-order valence-electron chi connectivity index (χ3n) is 7.79. The summed E-state index contributed by atoms with van der Waals surface area (Å²) in [6, 6.07) is 20.1. The van der Waals surface area contributed by atoms with Gasteiger partial charge < -0.3 is 16.0 Å². The number of carbonyl (C=O) groups excluding carboxylic acids is 1. The lowest BCUT2D eigenvalue weighted by Gasteiger charge is -2.52. The first-order valence-electron chi connectivity index (χ1n) is 14.6. The molecule has 0 aliphatic carbocycles. The van der Waals surface area contributed by atoms with Crippen LogP contribution in [0.2, 0.25) is 5.02 Å². The van der Waals surface area contributed by atoms with Gasteiger partial charge in [0, 0.05) is 56.4 Å². The number of nitrogens with zero attached hydrogens (tertiary/aromatic N) is 4. The van der Waals surface area contributed by atoms with Crippen LogP contribution in [0, 0.1) is 5.92 Å². The van der Waals surface area contributed by atoms with Crippen LogP contribution in [0.1, 0.15) is 30.8 Å². The SMILES string of the molecule is CC(C)Cc1cc(CC(=O)NCN2CCNCC2N2CCNCC2(Cl)Cc2ccc(Cl)cc2)nn1-c1ccccc1. The first kappa shape index (κ1) is 30.0. The van der Waals surface area contributed by atoms with Crippen LogP contribution in [0.5, 0.6) is 0 Å². The molecule has 220 valence electrons. The number of alkyl halides is 1. The maximum Gasteiger partial charge on any atom is 0.227 e. The predicted octanol–water partition coefficient (Wildman–Crippen LogP) is 3.65. The monoisotopic (exact) mass is 597 g/mol. The van der Waals surface area contributed by atoms with Crippen molar-refractivity contribution in [3.63, 3.8) is 0 Å². The quantitative estimate of drug-likeness (QED) is 0.245. The highest BCUT2D eigenvalue weighted by atomic mass is 35.5. The van der Waals surface area contributed by atoms with E-state index in [1.54, 1.807) is 0 Å². The van der Waals surface area contributed by atoms with Crippen LogP contribution in [0.4, 0.5) is 0 Å².